The van der Waals surface area contributed by atoms with Crippen LogP contribution in [-0.4, -0.2) is 74.3 Å². The van der Waals surface area contributed by atoms with E-state index in [1.54, 1.807) is 0 Å². The zero-order chi connectivity index (χ0) is 25.3. The van der Waals surface area contributed by atoms with Gasteiger partial charge in [0.15, 0.2) is 9.84 Å². The Morgan fingerprint density at radius 1 is 1.03 bits per heavy atom. The van der Waals surface area contributed by atoms with Crippen molar-refractivity contribution in [3.63, 3.8) is 0 Å². The minimum atomic E-state index is -3.23. The van der Waals surface area contributed by atoms with E-state index in [1.165, 1.54) is 10.9 Å². The van der Waals surface area contributed by atoms with E-state index in [0.29, 0.717) is 36.0 Å². The molecule has 0 spiro atoms. The van der Waals surface area contributed by atoms with E-state index in [0.717, 1.165) is 31.4 Å². The molecule has 0 unspecified atom stereocenters. The normalized spacial score (nSPS) is 26.2. The third-order valence-electron chi connectivity index (χ3n) is 7.33. The van der Waals surface area contributed by atoms with Gasteiger partial charge in [0, 0.05) is 23.3 Å². The molecule has 1 N–H and O–H groups in total. The lowest BCUT2D eigenvalue weighted by Gasteiger charge is -2.46. The number of sulfone groups is 1. The van der Waals surface area contributed by atoms with E-state index >= 15 is 0 Å². The first-order valence-corrected chi connectivity index (χ1v) is 14.7. The number of benzene rings is 1. The van der Waals surface area contributed by atoms with Crippen molar-refractivity contribution in [2.45, 2.75) is 49.1 Å². The molecule has 2 saturated heterocycles. The van der Waals surface area contributed by atoms with Crippen molar-refractivity contribution in [3.05, 3.63) is 50.9 Å². The third kappa shape index (κ3) is 5.38. The second kappa shape index (κ2) is 10.9. The Balaban J connectivity index is 1.24. The van der Waals surface area contributed by atoms with Gasteiger partial charge in [-0.3, -0.25) is 4.79 Å². The number of nitrogens with one attached hydrogen (secondary N) is 1. The molecule has 0 amide bonds. The monoisotopic (exact) mass is 556 g/mol. The fraction of sp³-hybridized carbons (Fsp3) is 0.583. The van der Waals surface area contributed by atoms with E-state index in [1.807, 2.05) is 12.1 Å². The van der Waals surface area contributed by atoms with Gasteiger partial charge in [-0.05, 0) is 49.9 Å². The minimum absolute atomic E-state index is 0.00117. The van der Waals surface area contributed by atoms with Gasteiger partial charge in [-0.25, -0.2) is 13.1 Å². The molecule has 5 rings (SSSR count). The number of anilines is 2. The first-order valence-electron chi connectivity index (χ1n) is 12.3. The van der Waals surface area contributed by atoms with E-state index in [4.69, 9.17) is 32.7 Å². The molecule has 1 aromatic carbocycles. The number of halogens is 2. The summed E-state index contributed by atoms with van der Waals surface area (Å²) in [5.41, 5.74) is 1.11. The summed E-state index contributed by atoms with van der Waals surface area (Å²) < 4.78 is 36.7. The summed E-state index contributed by atoms with van der Waals surface area (Å²) >= 11 is 12.5. The van der Waals surface area contributed by atoms with Crippen LogP contribution in [0.3, 0.4) is 0 Å². The van der Waals surface area contributed by atoms with Gasteiger partial charge >= 0.3 is 0 Å². The maximum absolute atomic E-state index is 13.0. The van der Waals surface area contributed by atoms with Crippen LogP contribution in [0.4, 0.5) is 11.4 Å². The molecule has 12 heteroatoms. The quantitative estimate of drug-likeness (QED) is 0.554. The number of hydrogen-bond acceptors (Lipinski definition) is 8. The van der Waals surface area contributed by atoms with Crippen LogP contribution in [-0.2, 0) is 19.3 Å². The van der Waals surface area contributed by atoms with Crippen LogP contribution < -0.4 is 15.8 Å². The van der Waals surface area contributed by atoms with Crippen molar-refractivity contribution in [2.24, 2.45) is 0 Å². The van der Waals surface area contributed by atoms with Crippen LogP contribution in [0.2, 0.25) is 10.0 Å². The van der Waals surface area contributed by atoms with Crippen molar-refractivity contribution < 1.29 is 17.9 Å². The molecule has 1 aliphatic carbocycles. The number of hydrogen-bond donors (Lipinski definition) is 1. The number of nitrogens with zero attached hydrogens (tertiary/aromatic N) is 3. The molecular weight excluding hydrogens is 527 g/mol. The van der Waals surface area contributed by atoms with Crippen molar-refractivity contribution >= 4 is 44.4 Å². The predicted molar refractivity (Wildman–Crippen MR) is 140 cm³/mol. The highest BCUT2D eigenvalue weighted by molar-refractivity contribution is 7.92. The van der Waals surface area contributed by atoms with E-state index in [9.17, 15) is 13.2 Å². The van der Waals surface area contributed by atoms with Gasteiger partial charge in [0.25, 0.3) is 5.56 Å². The molecule has 196 valence electrons. The Labute approximate surface area is 220 Å². The van der Waals surface area contributed by atoms with Crippen LogP contribution in [0.25, 0.3) is 0 Å². The molecule has 3 aliphatic rings. The molecule has 9 nitrogen and oxygen atoms in total. The summed E-state index contributed by atoms with van der Waals surface area (Å²) in [5, 5.41) is 7.43. The van der Waals surface area contributed by atoms with Crippen molar-refractivity contribution in [3.8, 4) is 0 Å². The number of ether oxygens (including phenoxy) is 2. The number of rotatable bonds is 7. The van der Waals surface area contributed by atoms with Crippen molar-refractivity contribution in [1.82, 2.24) is 9.78 Å². The predicted octanol–water partition coefficient (Wildman–Crippen LogP) is 3.16. The average molecular weight is 558 g/mol. The smallest absolute Gasteiger partial charge is 0.287 e. The lowest BCUT2D eigenvalue weighted by atomic mass is 9.88. The zero-order valence-electron chi connectivity index (χ0n) is 19.8. The van der Waals surface area contributed by atoms with Crippen molar-refractivity contribution in [1.29, 1.82) is 0 Å². The SMILES string of the molecule is O=c1c(Cl)c(NC[C@@H]2COCCS2(=O)=O)cnn1C1CCC(N(c2ccc(Cl)cc2)C2COC2)CC1. The second-order valence-corrected chi connectivity index (χ2v) is 12.8. The van der Waals surface area contributed by atoms with Gasteiger partial charge in [0.2, 0.25) is 0 Å². The Bertz CT molecular complexity index is 1230. The molecule has 2 aromatic rings. The fourth-order valence-electron chi connectivity index (χ4n) is 5.20. The average Bonchev–Trinajstić information content (AvgIpc) is 2.84. The highest BCUT2D eigenvalue weighted by Gasteiger charge is 2.35. The Kier molecular flexibility index (Phi) is 7.78. The number of aromatic nitrogens is 2. The molecule has 2 aliphatic heterocycles. The third-order valence-corrected chi connectivity index (χ3v) is 10.0. The molecule has 0 bridgehead atoms. The fourth-order valence-corrected chi connectivity index (χ4v) is 6.85. The zero-order valence-corrected chi connectivity index (χ0v) is 22.1. The standard InChI is InChI=1S/C24H30Cl2N4O5S/c25-16-1-3-17(4-2-16)29(20-13-35-14-20)18-5-7-19(8-6-18)30-24(31)23(26)22(12-28-30)27-11-21-15-34-9-10-36(21,32)33/h1-4,12,18-21,27H,5-11,13-15H2/t18?,19?,21-/m1/s1. The Morgan fingerprint density at radius 2 is 1.75 bits per heavy atom. The summed E-state index contributed by atoms with van der Waals surface area (Å²) in [5.74, 6) is -0.00117. The van der Waals surface area contributed by atoms with Crippen molar-refractivity contribution in [2.75, 3.05) is 48.9 Å². The van der Waals surface area contributed by atoms with Gasteiger partial charge in [0.05, 0.1) is 56.1 Å². The largest absolute Gasteiger partial charge is 0.381 e. The summed E-state index contributed by atoms with van der Waals surface area (Å²) in [7, 11) is -3.23. The Morgan fingerprint density at radius 3 is 2.39 bits per heavy atom. The van der Waals surface area contributed by atoms with Gasteiger partial charge in [-0.15, -0.1) is 0 Å². The minimum Gasteiger partial charge on any atom is -0.381 e. The second-order valence-electron chi connectivity index (χ2n) is 9.60. The van der Waals surface area contributed by atoms with Gasteiger partial charge in [-0.1, -0.05) is 23.2 Å². The highest BCUT2D eigenvalue weighted by atomic mass is 35.5. The summed E-state index contributed by atoms with van der Waals surface area (Å²) in [6.45, 7) is 1.87. The summed E-state index contributed by atoms with van der Waals surface area (Å²) in [6, 6.07) is 8.55. The van der Waals surface area contributed by atoms with Crippen LogP contribution in [0.15, 0.2) is 35.3 Å². The van der Waals surface area contributed by atoms with Crippen LogP contribution in [0.5, 0.6) is 0 Å². The molecule has 3 fully saturated rings. The topological polar surface area (TPSA) is 103 Å². The molecule has 36 heavy (non-hydrogen) atoms. The summed E-state index contributed by atoms with van der Waals surface area (Å²) in [4.78, 5) is 15.5. The molecule has 0 radical (unpaired) electrons. The lowest BCUT2D eigenvalue weighted by Crippen LogP contribution is -2.54. The van der Waals surface area contributed by atoms with Crippen LogP contribution in [0, 0.1) is 0 Å². The molecule has 3 heterocycles. The maximum Gasteiger partial charge on any atom is 0.287 e. The Hall–Kier alpha value is -1.85. The van der Waals surface area contributed by atoms with Crippen LogP contribution in [0.1, 0.15) is 31.7 Å². The summed E-state index contributed by atoms with van der Waals surface area (Å²) in [6.07, 6.45) is 4.94. The van der Waals surface area contributed by atoms with E-state index in [2.05, 4.69) is 27.4 Å². The van der Waals surface area contributed by atoms with Gasteiger partial charge in [0.1, 0.15) is 10.3 Å². The van der Waals surface area contributed by atoms with Crippen LogP contribution >= 0.6 is 23.2 Å². The van der Waals surface area contributed by atoms with E-state index in [-0.39, 0.29) is 42.1 Å². The first kappa shape index (κ1) is 25.8. The first-order chi connectivity index (χ1) is 17.3. The lowest BCUT2D eigenvalue weighted by molar-refractivity contribution is 0.00283. The van der Waals surface area contributed by atoms with Gasteiger partial charge in [-0.2, -0.15) is 5.10 Å². The highest BCUT2D eigenvalue weighted by Crippen LogP contribution is 2.35. The van der Waals surface area contributed by atoms with E-state index < -0.39 is 15.1 Å². The molecule has 1 aromatic heterocycles. The molecule has 1 atom stereocenters. The molecule has 1 saturated carbocycles. The van der Waals surface area contributed by atoms with Gasteiger partial charge < -0.3 is 19.7 Å². The maximum atomic E-state index is 13.0. The molecular formula is C24H30Cl2N4O5S.